The Hall–Kier alpha value is -2.77. The van der Waals surface area contributed by atoms with Gasteiger partial charge in [-0.3, -0.25) is 0 Å². The summed E-state index contributed by atoms with van der Waals surface area (Å²) in [6, 6.07) is 7.54. The van der Waals surface area contributed by atoms with Crippen LogP contribution in [0.15, 0.2) is 35.4 Å². The van der Waals surface area contributed by atoms with E-state index < -0.39 is 30.8 Å². The Morgan fingerprint density at radius 3 is 2.68 bits per heavy atom. The van der Waals surface area contributed by atoms with Gasteiger partial charge in [0.2, 0.25) is 0 Å². The number of methoxy groups -OCH3 is 1. The predicted molar refractivity (Wildman–Crippen MR) is 75.6 cm³/mol. The normalized spacial score (nSPS) is 12.5. The topological polar surface area (TPSA) is 134 Å². The maximum atomic E-state index is 11.7. The number of nitrogens with zero attached hydrogens (tertiary/aromatic N) is 3. The molecule has 1 aromatic rings. The van der Waals surface area contributed by atoms with Gasteiger partial charge in [-0.25, -0.2) is 9.59 Å². The average molecular weight is 308 g/mol. The van der Waals surface area contributed by atoms with E-state index in [1.165, 1.54) is 0 Å². The quantitative estimate of drug-likeness (QED) is 0.337. The molecule has 0 aliphatic rings. The van der Waals surface area contributed by atoms with E-state index in [0.717, 1.165) is 12.7 Å². The number of carbonyl (C=O) groups is 2. The Morgan fingerprint density at radius 2 is 2.09 bits per heavy atom. The molecule has 0 aliphatic carbocycles. The van der Waals surface area contributed by atoms with Crippen LogP contribution in [-0.4, -0.2) is 43.0 Å². The van der Waals surface area contributed by atoms with E-state index in [1.54, 1.807) is 24.3 Å². The second kappa shape index (κ2) is 9.22. The molecule has 2 N–H and O–H groups in total. The van der Waals surface area contributed by atoms with Gasteiger partial charge in [0.25, 0.3) is 0 Å². The van der Waals surface area contributed by atoms with Crippen LogP contribution in [0.2, 0.25) is 0 Å². The SMILES string of the molecule is COC(=O)C(NC(=O)OCc1ccccc1)C(O)CN=[N+]=[N-]. The van der Waals surface area contributed by atoms with Crippen LogP contribution in [0.5, 0.6) is 0 Å². The first kappa shape index (κ1) is 17.3. The number of benzene rings is 1. The highest BCUT2D eigenvalue weighted by atomic mass is 16.6. The molecular formula is C13H16N4O5. The van der Waals surface area contributed by atoms with Crippen LogP contribution in [0.25, 0.3) is 10.4 Å². The van der Waals surface area contributed by atoms with E-state index in [0.29, 0.717) is 0 Å². The molecule has 1 amide bonds. The van der Waals surface area contributed by atoms with Gasteiger partial charge in [0, 0.05) is 4.91 Å². The van der Waals surface area contributed by atoms with E-state index >= 15 is 0 Å². The van der Waals surface area contributed by atoms with Crippen molar-refractivity contribution in [2.24, 2.45) is 5.11 Å². The van der Waals surface area contributed by atoms with E-state index in [-0.39, 0.29) is 6.61 Å². The average Bonchev–Trinajstić information content (AvgIpc) is 2.55. The summed E-state index contributed by atoms with van der Waals surface area (Å²) >= 11 is 0. The lowest BCUT2D eigenvalue weighted by Gasteiger charge is -2.20. The molecule has 118 valence electrons. The van der Waals surface area contributed by atoms with Crippen molar-refractivity contribution >= 4 is 12.1 Å². The number of rotatable bonds is 7. The molecule has 0 radical (unpaired) electrons. The molecule has 0 saturated carbocycles. The third-order valence-corrected chi connectivity index (χ3v) is 2.66. The van der Waals surface area contributed by atoms with Crippen molar-refractivity contribution in [3.05, 3.63) is 46.3 Å². The van der Waals surface area contributed by atoms with Gasteiger partial charge < -0.3 is 19.9 Å². The number of aliphatic hydroxyl groups is 1. The number of aliphatic hydroxyl groups excluding tert-OH is 1. The van der Waals surface area contributed by atoms with Crippen molar-refractivity contribution in [2.75, 3.05) is 13.7 Å². The van der Waals surface area contributed by atoms with Gasteiger partial charge in [0.15, 0.2) is 6.04 Å². The highest BCUT2D eigenvalue weighted by molar-refractivity contribution is 5.81. The second-order valence-electron chi connectivity index (χ2n) is 4.19. The second-order valence-corrected chi connectivity index (χ2v) is 4.19. The van der Waals surface area contributed by atoms with Gasteiger partial charge in [0.05, 0.1) is 19.8 Å². The Balaban J connectivity index is 2.58. The van der Waals surface area contributed by atoms with E-state index in [2.05, 4.69) is 20.1 Å². The van der Waals surface area contributed by atoms with Crippen molar-refractivity contribution in [2.45, 2.75) is 18.8 Å². The van der Waals surface area contributed by atoms with E-state index in [9.17, 15) is 14.7 Å². The lowest BCUT2D eigenvalue weighted by Crippen LogP contribution is -2.50. The maximum absolute atomic E-state index is 11.7. The van der Waals surface area contributed by atoms with Gasteiger partial charge in [0.1, 0.15) is 6.61 Å². The van der Waals surface area contributed by atoms with Crippen LogP contribution in [-0.2, 0) is 20.9 Å². The number of nitrogens with one attached hydrogen (secondary N) is 1. The predicted octanol–water partition coefficient (Wildman–Crippen LogP) is 1.13. The minimum absolute atomic E-state index is 0.00695. The first-order chi connectivity index (χ1) is 10.6. The zero-order chi connectivity index (χ0) is 16.4. The van der Waals surface area contributed by atoms with Gasteiger partial charge in [-0.05, 0) is 11.1 Å². The van der Waals surface area contributed by atoms with Crippen LogP contribution in [0.3, 0.4) is 0 Å². The first-order valence-corrected chi connectivity index (χ1v) is 6.32. The fourth-order valence-electron chi connectivity index (χ4n) is 1.56. The summed E-state index contributed by atoms with van der Waals surface area (Å²) in [6.45, 7) is -0.387. The molecule has 22 heavy (non-hydrogen) atoms. The van der Waals surface area contributed by atoms with Crippen molar-refractivity contribution in [3.63, 3.8) is 0 Å². The molecule has 0 bridgehead atoms. The fourth-order valence-corrected chi connectivity index (χ4v) is 1.56. The van der Waals surface area contributed by atoms with E-state index in [1.807, 2.05) is 6.07 Å². The van der Waals surface area contributed by atoms with Crippen LogP contribution in [0.4, 0.5) is 4.79 Å². The van der Waals surface area contributed by atoms with Gasteiger partial charge in [-0.15, -0.1) is 0 Å². The summed E-state index contributed by atoms with van der Waals surface area (Å²) in [5.74, 6) is -0.877. The number of hydrogen-bond donors (Lipinski definition) is 2. The summed E-state index contributed by atoms with van der Waals surface area (Å²) in [7, 11) is 1.10. The molecule has 2 unspecified atom stereocenters. The summed E-state index contributed by atoms with van der Waals surface area (Å²) in [6.07, 6.45) is -2.33. The monoisotopic (exact) mass is 308 g/mol. The van der Waals surface area contributed by atoms with Crippen LogP contribution in [0, 0.1) is 0 Å². The smallest absolute Gasteiger partial charge is 0.408 e. The van der Waals surface area contributed by atoms with Gasteiger partial charge in [-0.2, -0.15) is 0 Å². The Bertz CT molecular complexity index is 545. The summed E-state index contributed by atoms with van der Waals surface area (Å²) in [5.41, 5.74) is 8.97. The van der Waals surface area contributed by atoms with Crippen molar-refractivity contribution < 1.29 is 24.2 Å². The van der Waals surface area contributed by atoms with Crippen LogP contribution >= 0.6 is 0 Å². The molecule has 0 aliphatic heterocycles. The Morgan fingerprint density at radius 1 is 1.41 bits per heavy atom. The number of alkyl carbamates (subject to hydrolysis) is 1. The highest BCUT2D eigenvalue weighted by Crippen LogP contribution is 2.03. The molecular weight excluding hydrogens is 292 g/mol. The number of hydrogen-bond acceptors (Lipinski definition) is 6. The number of ether oxygens (including phenoxy) is 2. The van der Waals surface area contributed by atoms with E-state index in [4.69, 9.17) is 10.3 Å². The molecule has 9 nitrogen and oxygen atoms in total. The van der Waals surface area contributed by atoms with Crippen molar-refractivity contribution in [1.29, 1.82) is 0 Å². The number of carbonyl (C=O) groups excluding carboxylic acids is 2. The Kier molecular flexibility index (Phi) is 7.24. The standard InChI is InChI=1S/C13H16N4O5/c1-21-12(19)11(10(18)7-15-17-14)16-13(20)22-8-9-5-3-2-4-6-9/h2-6,10-11,18H,7-8H2,1H3,(H,16,20). The maximum Gasteiger partial charge on any atom is 0.408 e. The van der Waals surface area contributed by atoms with Crippen molar-refractivity contribution in [1.82, 2.24) is 5.32 Å². The van der Waals surface area contributed by atoms with Crippen LogP contribution in [0.1, 0.15) is 5.56 Å². The highest BCUT2D eigenvalue weighted by Gasteiger charge is 2.29. The molecule has 9 heteroatoms. The largest absolute Gasteiger partial charge is 0.467 e. The third-order valence-electron chi connectivity index (χ3n) is 2.66. The first-order valence-electron chi connectivity index (χ1n) is 6.32. The lowest BCUT2D eigenvalue weighted by molar-refractivity contribution is -0.145. The summed E-state index contributed by atoms with van der Waals surface area (Å²) in [4.78, 5) is 25.7. The molecule has 2 atom stereocenters. The minimum Gasteiger partial charge on any atom is -0.467 e. The number of amides is 1. The zero-order valence-electron chi connectivity index (χ0n) is 11.9. The van der Waals surface area contributed by atoms with Crippen molar-refractivity contribution in [3.8, 4) is 0 Å². The molecule has 0 heterocycles. The summed E-state index contributed by atoms with van der Waals surface area (Å²) in [5, 5.41) is 15.1. The number of esters is 1. The molecule has 1 aromatic carbocycles. The van der Waals surface area contributed by atoms with Gasteiger partial charge >= 0.3 is 12.1 Å². The molecule has 0 aromatic heterocycles. The third kappa shape index (κ3) is 5.70. The zero-order valence-corrected chi connectivity index (χ0v) is 11.9. The molecule has 0 saturated heterocycles. The lowest BCUT2D eigenvalue weighted by atomic mass is 10.1. The molecule has 1 rings (SSSR count). The van der Waals surface area contributed by atoms with Gasteiger partial charge in [-0.1, -0.05) is 35.4 Å². The molecule has 0 spiro atoms. The fraction of sp³-hybridized carbons (Fsp3) is 0.385. The summed E-state index contributed by atoms with van der Waals surface area (Å²) < 4.78 is 9.41. The molecule has 0 fully saturated rings. The minimum atomic E-state index is -1.42. The number of azide groups is 1. The Labute approximate surface area is 126 Å². The van der Waals surface area contributed by atoms with Crippen LogP contribution < -0.4 is 5.32 Å².